The highest BCUT2D eigenvalue weighted by molar-refractivity contribution is 7.89. The highest BCUT2D eigenvalue weighted by atomic mass is 35.5. The molecule has 0 radical (unpaired) electrons. The number of nitrogens with one attached hydrogen (secondary N) is 2. The largest absolute Gasteiger partial charge is 0.478 e. The average Bonchev–Trinajstić information content (AvgIpc) is 2.75. The molecule has 4 rings (SSSR count). The van der Waals surface area contributed by atoms with Crippen molar-refractivity contribution in [1.82, 2.24) is 4.72 Å². The number of fused-ring (bicyclic) bond motifs is 2. The van der Waals surface area contributed by atoms with Crippen LogP contribution in [0.3, 0.4) is 0 Å². The van der Waals surface area contributed by atoms with Gasteiger partial charge in [-0.1, -0.05) is 23.7 Å². The Bertz CT molecular complexity index is 1410. The maximum absolute atomic E-state index is 13.0. The summed E-state index contributed by atoms with van der Waals surface area (Å²) < 4.78 is 71.1. The lowest BCUT2D eigenvalue weighted by Crippen LogP contribution is -2.20. The van der Waals surface area contributed by atoms with Gasteiger partial charge < -0.3 is 15.2 Å². The summed E-state index contributed by atoms with van der Waals surface area (Å²) >= 11 is 5.81. The fraction of sp³-hybridized carbons (Fsp3) is 0.0952. The van der Waals surface area contributed by atoms with Gasteiger partial charge in [-0.05, 0) is 48.5 Å². The van der Waals surface area contributed by atoms with E-state index in [0.717, 1.165) is 12.1 Å². The van der Waals surface area contributed by atoms with Crippen LogP contribution in [0.2, 0.25) is 5.02 Å². The number of hydrogen-bond donors (Lipinski definition) is 3. The third-order valence-corrected chi connectivity index (χ3v) is 6.66. The first-order chi connectivity index (χ1) is 15.4. The van der Waals surface area contributed by atoms with E-state index in [1.54, 1.807) is 12.1 Å². The Balaban J connectivity index is 1.76. The number of rotatable bonds is 4. The van der Waals surface area contributed by atoms with Crippen LogP contribution < -0.4 is 14.8 Å². The molecule has 0 saturated carbocycles. The van der Waals surface area contributed by atoms with Crippen molar-refractivity contribution in [2.24, 2.45) is 0 Å². The van der Waals surface area contributed by atoms with Crippen LogP contribution in [0.5, 0.6) is 11.5 Å². The molecule has 1 heterocycles. The number of aromatic carboxylic acids is 1. The molecule has 0 bridgehead atoms. The highest BCUT2D eigenvalue weighted by Crippen LogP contribution is 2.46. The average molecular weight is 499 g/mol. The van der Waals surface area contributed by atoms with E-state index in [-0.39, 0.29) is 27.6 Å². The quantitative estimate of drug-likeness (QED) is 0.344. The van der Waals surface area contributed by atoms with E-state index in [9.17, 15) is 31.5 Å². The first-order valence-corrected chi connectivity index (χ1v) is 11.1. The molecular weight excluding hydrogens is 485 g/mol. The zero-order valence-electron chi connectivity index (χ0n) is 16.6. The molecule has 0 fully saturated rings. The van der Waals surface area contributed by atoms with Crippen LogP contribution >= 0.6 is 11.6 Å². The normalized spacial score (nSPS) is 12.9. The molecule has 0 spiro atoms. The molecule has 3 aromatic carbocycles. The molecule has 7 nitrogen and oxygen atoms in total. The number of sulfonamides is 1. The number of halogens is 4. The molecule has 0 atom stereocenters. The molecule has 12 heteroatoms. The number of carboxylic acid groups (broad SMARTS) is 1. The Labute approximate surface area is 190 Å². The molecule has 0 aliphatic carbocycles. The van der Waals surface area contributed by atoms with Gasteiger partial charge in [0.15, 0.2) is 11.5 Å². The number of ether oxygens (including phenoxy) is 1. The Hall–Kier alpha value is -3.28. The summed E-state index contributed by atoms with van der Waals surface area (Å²) in [6.45, 7) is 0. The van der Waals surface area contributed by atoms with Crippen LogP contribution in [0.25, 0.3) is 11.1 Å². The lowest BCUT2D eigenvalue weighted by molar-refractivity contribution is -0.137. The zero-order valence-corrected chi connectivity index (χ0v) is 18.2. The molecule has 3 N–H and O–H groups in total. The first kappa shape index (κ1) is 22.9. The Kier molecular flexibility index (Phi) is 5.51. The smallest absolute Gasteiger partial charge is 0.417 e. The molecule has 3 aromatic rings. The SMILES string of the molecule is CNS(=O)(=O)c1cc2c(c(C(=O)O)c1)Nc1cc(-c3ccc(C(F)(F)F)c(Cl)c3)ccc1O2. The highest BCUT2D eigenvalue weighted by Gasteiger charge is 2.33. The summed E-state index contributed by atoms with van der Waals surface area (Å²) in [4.78, 5) is 11.5. The van der Waals surface area contributed by atoms with Crippen LogP contribution in [-0.4, -0.2) is 26.5 Å². The lowest BCUT2D eigenvalue weighted by atomic mass is 10.0. The molecule has 172 valence electrons. The van der Waals surface area contributed by atoms with Crippen molar-refractivity contribution in [2.45, 2.75) is 11.1 Å². The minimum atomic E-state index is -4.59. The fourth-order valence-electron chi connectivity index (χ4n) is 3.32. The molecular formula is C21H14ClF3N2O5S. The van der Waals surface area contributed by atoms with E-state index in [1.807, 2.05) is 0 Å². The molecule has 1 aliphatic heterocycles. The van der Waals surface area contributed by atoms with Crippen LogP contribution in [0.1, 0.15) is 15.9 Å². The van der Waals surface area contributed by atoms with Gasteiger partial charge in [0, 0.05) is 6.07 Å². The number of carbonyl (C=O) groups is 1. The molecule has 33 heavy (non-hydrogen) atoms. The van der Waals surface area contributed by atoms with E-state index in [4.69, 9.17) is 16.3 Å². The number of hydrogen-bond acceptors (Lipinski definition) is 5. The van der Waals surface area contributed by atoms with Crippen LogP contribution in [0.15, 0.2) is 53.4 Å². The Morgan fingerprint density at radius 1 is 1.06 bits per heavy atom. The summed E-state index contributed by atoms with van der Waals surface area (Å²) in [6.07, 6.45) is -4.59. The van der Waals surface area contributed by atoms with Crippen LogP contribution in [0.4, 0.5) is 24.5 Å². The number of anilines is 2. The second-order valence-electron chi connectivity index (χ2n) is 6.99. The Morgan fingerprint density at radius 3 is 2.33 bits per heavy atom. The second-order valence-corrected chi connectivity index (χ2v) is 9.28. The van der Waals surface area contributed by atoms with Gasteiger partial charge in [0.2, 0.25) is 10.0 Å². The van der Waals surface area contributed by atoms with Gasteiger partial charge in [0.1, 0.15) is 0 Å². The summed E-state index contributed by atoms with van der Waals surface area (Å²) in [5.74, 6) is -1.13. The van der Waals surface area contributed by atoms with Crippen LogP contribution in [-0.2, 0) is 16.2 Å². The van der Waals surface area contributed by atoms with Crippen LogP contribution in [0, 0.1) is 0 Å². The molecule has 1 aliphatic rings. The van der Waals surface area contributed by atoms with E-state index in [0.29, 0.717) is 16.8 Å². The standard InChI is InChI=1S/C21H14ClF3N2O5S/c1-26-33(30,31)12-8-13(20(28)29)19-18(9-12)32-17-5-3-11(7-16(17)27-19)10-2-4-14(15(22)6-10)21(23,24)25/h2-9,26-27H,1H3,(H,28,29). The topological polar surface area (TPSA) is 105 Å². The van der Waals surface area contributed by atoms with Gasteiger partial charge in [-0.25, -0.2) is 17.9 Å². The predicted molar refractivity (Wildman–Crippen MR) is 115 cm³/mol. The zero-order chi connectivity index (χ0) is 24.1. The van der Waals surface area contributed by atoms with Crippen molar-refractivity contribution in [2.75, 3.05) is 12.4 Å². The van der Waals surface area contributed by atoms with Gasteiger partial charge in [-0.15, -0.1) is 0 Å². The van der Waals surface area contributed by atoms with E-state index in [2.05, 4.69) is 10.0 Å². The first-order valence-electron chi connectivity index (χ1n) is 9.21. The van der Waals surface area contributed by atoms with Gasteiger partial charge >= 0.3 is 12.1 Å². The summed E-state index contributed by atoms with van der Waals surface area (Å²) in [5.41, 5.74) is -0.0301. The summed E-state index contributed by atoms with van der Waals surface area (Å²) in [7, 11) is -2.75. The van der Waals surface area contributed by atoms with Crippen molar-refractivity contribution < 1.29 is 36.2 Å². The van der Waals surface area contributed by atoms with Gasteiger partial charge in [0.05, 0.1) is 32.4 Å². The summed E-state index contributed by atoms with van der Waals surface area (Å²) in [5, 5.41) is 12.0. The van der Waals surface area contributed by atoms with E-state index >= 15 is 0 Å². The van der Waals surface area contributed by atoms with Crippen molar-refractivity contribution in [3.05, 3.63) is 64.7 Å². The van der Waals surface area contributed by atoms with E-state index < -0.39 is 32.8 Å². The second kappa shape index (κ2) is 7.94. The third-order valence-electron chi connectivity index (χ3n) is 4.95. The van der Waals surface area contributed by atoms with Crippen molar-refractivity contribution in [3.8, 4) is 22.6 Å². The number of carboxylic acids is 1. The minimum Gasteiger partial charge on any atom is -0.478 e. The third kappa shape index (κ3) is 4.22. The van der Waals surface area contributed by atoms with Gasteiger partial charge in [0.25, 0.3) is 0 Å². The molecule has 0 unspecified atom stereocenters. The molecule has 0 saturated heterocycles. The summed E-state index contributed by atoms with van der Waals surface area (Å²) in [6, 6.07) is 10.2. The minimum absolute atomic E-state index is 0.0125. The number of benzene rings is 3. The van der Waals surface area contributed by atoms with Gasteiger partial charge in [-0.2, -0.15) is 13.2 Å². The van der Waals surface area contributed by atoms with E-state index in [1.165, 1.54) is 31.3 Å². The molecule has 0 amide bonds. The Morgan fingerprint density at radius 2 is 1.73 bits per heavy atom. The lowest BCUT2D eigenvalue weighted by Gasteiger charge is -2.24. The van der Waals surface area contributed by atoms with Crippen molar-refractivity contribution in [1.29, 1.82) is 0 Å². The monoisotopic (exact) mass is 498 g/mol. The predicted octanol–water partition coefficient (Wildman–Crippen LogP) is 5.48. The van der Waals surface area contributed by atoms with Gasteiger partial charge in [-0.3, -0.25) is 0 Å². The van der Waals surface area contributed by atoms with Crippen molar-refractivity contribution >= 4 is 39.0 Å². The van der Waals surface area contributed by atoms with Crippen molar-refractivity contribution in [3.63, 3.8) is 0 Å². The maximum atomic E-state index is 13.0. The maximum Gasteiger partial charge on any atom is 0.417 e. The number of alkyl halides is 3. The molecule has 0 aromatic heterocycles. The fourth-order valence-corrected chi connectivity index (χ4v) is 4.37.